The minimum absolute atomic E-state index is 0.926. The number of hydrogen-bond donors (Lipinski definition) is 0. The van der Waals surface area contributed by atoms with Gasteiger partial charge in [0, 0.05) is 10.5 Å². The van der Waals surface area contributed by atoms with Crippen LogP contribution in [0.1, 0.15) is 65.2 Å². The molecule has 88 valence electrons. The first kappa shape index (κ1) is 11.8. The summed E-state index contributed by atoms with van der Waals surface area (Å²) in [5.74, 6) is 2.11. The molecule has 3 unspecified atom stereocenters. The Labute approximate surface area is 99.6 Å². The largest absolute Gasteiger partial charge is 0.155 e. The van der Waals surface area contributed by atoms with Crippen LogP contribution in [-0.2, 0) is 0 Å². The van der Waals surface area contributed by atoms with Crippen molar-refractivity contribution in [1.29, 1.82) is 0 Å². The average Bonchev–Trinajstić information content (AvgIpc) is 2.45. The molecule has 0 bridgehead atoms. The van der Waals surface area contributed by atoms with Crippen LogP contribution in [0, 0.1) is 11.8 Å². The zero-order valence-corrected chi connectivity index (χ0v) is 11.2. The van der Waals surface area contributed by atoms with Gasteiger partial charge in [-0.2, -0.15) is 11.8 Å². The summed E-state index contributed by atoms with van der Waals surface area (Å²) >= 11 is 2.23. The molecule has 0 aromatic rings. The van der Waals surface area contributed by atoms with Gasteiger partial charge in [-0.15, -0.1) is 0 Å². The fourth-order valence-corrected chi connectivity index (χ4v) is 5.19. The lowest BCUT2D eigenvalue weighted by molar-refractivity contribution is 0.260. The van der Waals surface area contributed by atoms with Crippen LogP contribution in [0.4, 0.5) is 0 Å². The molecule has 1 heteroatoms. The number of thioether (sulfide) groups is 1. The summed E-state index contributed by atoms with van der Waals surface area (Å²) in [7, 11) is 0. The Kier molecular flexibility index (Phi) is 4.42. The fraction of sp³-hybridized carbons (Fsp3) is 1.00. The van der Waals surface area contributed by atoms with Gasteiger partial charge in [0.25, 0.3) is 0 Å². The van der Waals surface area contributed by atoms with E-state index in [1.807, 2.05) is 0 Å². The average molecular weight is 226 g/mol. The van der Waals surface area contributed by atoms with Crippen molar-refractivity contribution in [3.05, 3.63) is 0 Å². The quantitative estimate of drug-likeness (QED) is 0.614. The highest BCUT2D eigenvalue weighted by molar-refractivity contribution is 8.00. The van der Waals surface area contributed by atoms with E-state index in [9.17, 15) is 0 Å². The van der Waals surface area contributed by atoms with E-state index in [1.165, 1.54) is 51.4 Å². The van der Waals surface area contributed by atoms with Gasteiger partial charge in [-0.3, -0.25) is 0 Å². The predicted octanol–water partition coefficient (Wildman–Crippen LogP) is 4.88. The minimum atomic E-state index is 0.926. The van der Waals surface area contributed by atoms with Crippen molar-refractivity contribution in [2.45, 2.75) is 75.7 Å². The molecule has 0 N–H and O–H groups in total. The van der Waals surface area contributed by atoms with E-state index in [1.54, 1.807) is 0 Å². The van der Waals surface area contributed by atoms with Crippen LogP contribution in [0.15, 0.2) is 0 Å². The molecule has 2 aliphatic rings. The van der Waals surface area contributed by atoms with E-state index in [-0.39, 0.29) is 0 Å². The molecule has 1 saturated heterocycles. The Morgan fingerprint density at radius 1 is 0.867 bits per heavy atom. The molecule has 0 aromatic heterocycles. The Balaban J connectivity index is 1.89. The summed E-state index contributed by atoms with van der Waals surface area (Å²) in [6.45, 7) is 4.89. The second kappa shape index (κ2) is 5.61. The topological polar surface area (TPSA) is 0 Å². The van der Waals surface area contributed by atoms with E-state index in [4.69, 9.17) is 0 Å². The minimum Gasteiger partial charge on any atom is -0.155 e. The van der Waals surface area contributed by atoms with E-state index >= 15 is 0 Å². The van der Waals surface area contributed by atoms with Gasteiger partial charge in [0.2, 0.25) is 0 Å². The first-order chi connectivity index (χ1) is 7.27. The first-order valence-electron chi connectivity index (χ1n) is 6.93. The monoisotopic (exact) mass is 226 g/mol. The number of rotatable bonds is 1. The summed E-state index contributed by atoms with van der Waals surface area (Å²) < 4.78 is 0. The third-order valence-corrected chi connectivity index (χ3v) is 5.85. The lowest BCUT2D eigenvalue weighted by Crippen LogP contribution is -2.20. The van der Waals surface area contributed by atoms with E-state index in [0.29, 0.717) is 0 Å². The lowest BCUT2D eigenvalue weighted by Gasteiger charge is -2.28. The molecular weight excluding hydrogens is 200 g/mol. The summed E-state index contributed by atoms with van der Waals surface area (Å²) in [6.07, 6.45) is 12.1. The van der Waals surface area contributed by atoms with Crippen molar-refractivity contribution in [3.63, 3.8) is 0 Å². The molecule has 1 saturated carbocycles. The van der Waals surface area contributed by atoms with Gasteiger partial charge in [0.15, 0.2) is 0 Å². The third-order valence-electron chi connectivity index (χ3n) is 4.41. The van der Waals surface area contributed by atoms with Crippen molar-refractivity contribution in [2.75, 3.05) is 0 Å². The van der Waals surface area contributed by atoms with Crippen molar-refractivity contribution < 1.29 is 0 Å². The first-order valence-corrected chi connectivity index (χ1v) is 7.87. The SMILES string of the molecule is CC1CC(C2CCCCCCC2)C(C)S1. The molecule has 0 amide bonds. The molecule has 3 atom stereocenters. The normalized spacial score (nSPS) is 40.0. The van der Waals surface area contributed by atoms with Crippen LogP contribution >= 0.6 is 11.8 Å². The van der Waals surface area contributed by atoms with Gasteiger partial charge < -0.3 is 0 Å². The smallest absolute Gasteiger partial charge is 0.00527 e. The van der Waals surface area contributed by atoms with Gasteiger partial charge in [-0.05, 0) is 18.3 Å². The molecule has 15 heavy (non-hydrogen) atoms. The van der Waals surface area contributed by atoms with Gasteiger partial charge in [-0.1, -0.05) is 58.8 Å². The van der Waals surface area contributed by atoms with Crippen LogP contribution in [0.3, 0.4) is 0 Å². The maximum absolute atomic E-state index is 2.47. The highest BCUT2D eigenvalue weighted by atomic mass is 32.2. The molecule has 0 aromatic carbocycles. The van der Waals surface area contributed by atoms with Crippen LogP contribution in [0.5, 0.6) is 0 Å². The molecule has 1 aliphatic carbocycles. The molecule has 2 fully saturated rings. The molecule has 0 radical (unpaired) electrons. The Hall–Kier alpha value is 0.350. The van der Waals surface area contributed by atoms with Crippen LogP contribution in [-0.4, -0.2) is 10.5 Å². The van der Waals surface area contributed by atoms with Gasteiger partial charge in [0.05, 0.1) is 0 Å². The molecule has 0 spiro atoms. The molecule has 1 aliphatic heterocycles. The maximum atomic E-state index is 2.47. The summed E-state index contributed by atoms with van der Waals surface area (Å²) in [6, 6.07) is 0. The Morgan fingerprint density at radius 3 is 2.00 bits per heavy atom. The third kappa shape index (κ3) is 3.15. The van der Waals surface area contributed by atoms with Crippen molar-refractivity contribution in [1.82, 2.24) is 0 Å². The van der Waals surface area contributed by atoms with Crippen molar-refractivity contribution in [2.24, 2.45) is 11.8 Å². The highest BCUT2D eigenvalue weighted by Crippen LogP contribution is 2.45. The molecular formula is C14H26S. The van der Waals surface area contributed by atoms with Gasteiger partial charge in [0.1, 0.15) is 0 Å². The van der Waals surface area contributed by atoms with Crippen molar-refractivity contribution in [3.8, 4) is 0 Å². The van der Waals surface area contributed by atoms with Crippen molar-refractivity contribution >= 4 is 11.8 Å². The standard InChI is InChI=1S/C14H26S/c1-11-10-14(12(2)15-11)13-8-6-4-3-5-7-9-13/h11-14H,3-10H2,1-2H3. The molecule has 1 heterocycles. The maximum Gasteiger partial charge on any atom is 0.00527 e. The van der Waals surface area contributed by atoms with Crippen LogP contribution in [0.2, 0.25) is 0 Å². The zero-order valence-electron chi connectivity index (χ0n) is 10.4. The van der Waals surface area contributed by atoms with Crippen LogP contribution in [0.25, 0.3) is 0 Å². The summed E-state index contributed by atoms with van der Waals surface area (Å²) in [4.78, 5) is 0. The molecule has 0 nitrogen and oxygen atoms in total. The van der Waals surface area contributed by atoms with E-state index in [2.05, 4.69) is 25.6 Å². The lowest BCUT2D eigenvalue weighted by atomic mass is 9.78. The Bertz CT molecular complexity index is 182. The van der Waals surface area contributed by atoms with Gasteiger partial charge >= 0.3 is 0 Å². The predicted molar refractivity (Wildman–Crippen MR) is 70.4 cm³/mol. The zero-order chi connectivity index (χ0) is 10.7. The fourth-order valence-electron chi connectivity index (χ4n) is 3.59. The summed E-state index contributed by atoms with van der Waals surface area (Å²) in [5, 5.41) is 1.86. The number of hydrogen-bond acceptors (Lipinski definition) is 1. The molecule has 2 rings (SSSR count). The van der Waals surface area contributed by atoms with E-state index in [0.717, 1.165) is 22.3 Å². The Morgan fingerprint density at radius 2 is 1.47 bits per heavy atom. The van der Waals surface area contributed by atoms with Crippen LogP contribution < -0.4 is 0 Å². The van der Waals surface area contributed by atoms with Gasteiger partial charge in [-0.25, -0.2) is 0 Å². The highest BCUT2D eigenvalue weighted by Gasteiger charge is 2.34. The van der Waals surface area contributed by atoms with E-state index < -0.39 is 0 Å². The second-order valence-electron chi connectivity index (χ2n) is 5.66. The summed E-state index contributed by atoms with van der Waals surface area (Å²) in [5.41, 5.74) is 0. The second-order valence-corrected chi connectivity index (χ2v) is 7.48.